The third-order valence-electron chi connectivity index (χ3n) is 5.40. The van der Waals surface area contributed by atoms with Gasteiger partial charge in [0.05, 0.1) is 16.6 Å². The van der Waals surface area contributed by atoms with Crippen LogP contribution in [0.1, 0.15) is 17.3 Å². The van der Waals surface area contributed by atoms with E-state index in [0.717, 1.165) is 25.2 Å². The molecule has 9 heteroatoms. The number of hydrogen-bond acceptors (Lipinski definition) is 7. The first-order chi connectivity index (χ1) is 15.9. The molecule has 33 heavy (non-hydrogen) atoms. The zero-order valence-corrected chi connectivity index (χ0v) is 18.8. The topological polar surface area (TPSA) is 93.4 Å². The maximum absolute atomic E-state index is 15.3. The van der Waals surface area contributed by atoms with Crippen molar-refractivity contribution in [2.75, 3.05) is 36.8 Å². The molecule has 0 saturated carbocycles. The van der Waals surface area contributed by atoms with E-state index in [2.05, 4.69) is 5.32 Å². The molecule has 0 atom stereocenters. The monoisotopic (exact) mass is 467 g/mol. The van der Waals surface area contributed by atoms with Gasteiger partial charge in [0.15, 0.2) is 12.0 Å². The Morgan fingerprint density at radius 1 is 1.24 bits per heavy atom. The summed E-state index contributed by atoms with van der Waals surface area (Å²) < 4.78 is 15.9. The Bertz CT molecular complexity index is 1250. The lowest BCUT2D eigenvalue weighted by Gasteiger charge is -2.31. The van der Waals surface area contributed by atoms with Gasteiger partial charge in [-0.05, 0) is 41.7 Å². The lowest BCUT2D eigenvalue weighted by atomic mass is 10.0. The number of benzene rings is 1. The van der Waals surface area contributed by atoms with Crippen LogP contribution < -0.4 is 14.9 Å². The minimum Gasteiger partial charge on any atom is -0.618 e. The van der Waals surface area contributed by atoms with E-state index in [0.29, 0.717) is 50.6 Å². The summed E-state index contributed by atoms with van der Waals surface area (Å²) >= 11 is 1.40. The summed E-state index contributed by atoms with van der Waals surface area (Å²) in [5.41, 5.74) is 1.25. The second kappa shape index (κ2) is 9.68. The highest BCUT2D eigenvalue weighted by Gasteiger charge is 2.26. The third-order valence-corrected chi connectivity index (χ3v) is 6.37. The molecule has 7 nitrogen and oxygen atoms in total. The van der Waals surface area contributed by atoms with Gasteiger partial charge in [0.2, 0.25) is 17.1 Å². The predicted octanol–water partition coefficient (Wildman–Crippen LogP) is 2.51. The Labute approximate surface area is 194 Å². The zero-order valence-electron chi connectivity index (χ0n) is 18.0. The number of allylic oxidation sites excluding steroid dienone is 6. The second-order valence-electron chi connectivity index (χ2n) is 7.60. The Morgan fingerprint density at radius 3 is 2.70 bits per heavy atom. The Balaban J connectivity index is 1.72. The highest BCUT2D eigenvalue weighted by Crippen LogP contribution is 2.38. The number of pyridine rings is 1. The molecule has 1 fully saturated rings. The van der Waals surface area contributed by atoms with Crippen LogP contribution in [0, 0.1) is 11.0 Å². The van der Waals surface area contributed by atoms with Crippen molar-refractivity contribution in [1.29, 1.82) is 0 Å². The molecular weight excluding hydrogens is 445 g/mol. The molecule has 170 valence electrons. The predicted molar refractivity (Wildman–Crippen MR) is 125 cm³/mol. The van der Waals surface area contributed by atoms with Crippen molar-refractivity contribution in [3.63, 3.8) is 0 Å². The lowest BCUT2D eigenvalue weighted by molar-refractivity contribution is -0.578. The molecule has 0 bridgehead atoms. The van der Waals surface area contributed by atoms with Crippen LogP contribution in [-0.4, -0.2) is 49.3 Å². The summed E-state index contributed by atoms with van der Waals surface area (Å²) in [7, 11) is 0. The largest absolute Gasteiger partial charge is 0.618 e. The molecule has 4 rings (SSSR count). The average Bonchev–Trinajstić information content (AvgIpc) is 2.80. The summed E-state index contributed by atoms with van der Waals surface area (Å²) in [5, 5.41) is 16.6. The Kier molecular flexibility index (Phi) is 6.71. The van der Waals surface area contributed by atoms with Gasteiger partial charge in [-0.25, -0.2) is 4.39 Å². The molecular formula is C24H22FN3O4S. The Hall–Kier alpha value is -3.30. The van der Waals surface area contributed by atoms with Gasteiger partial charge < -0.3 is 15.4 Å². The van der Waals surface area contributed by atoms with Crippen molar-refractivity contribution >= 4 is 45.7 Å². The molecule has 1 N–H and O–H groups in total. The normalized spacial score (nSPS) is 16.7. The number of halogens is 1. The molecule has 0 radical (unpaired) electrons. The number of aromatic nitrogens is 1. The average molecular weight is 468 g/mol. The molecule has 2 heterocycles. The third kappa shape index (κ3) is 4.74. The van der Waals surface area contributed by atoms with E-state index in [9.17, 15) is 19.6 Å². The van der Waals surface area contributed by atoms with Crippen LogP contribution in [0.2, 0.25) is 0 Å². The number of thioether (sulfide) groups is 1. The minimum atomic E-state index is -0.663. The van der Waals surface area contributed by atoms with Gasteiger partial charge in [-0.3, -0.25) is 14.4 Å². The minimum absolute atomic E-state index is 0.0957. The molecule has 0 spiro atoms. The number of carbonyl (C=O) groups is 3. The quantitative estimate of drug-likeness (QED) is 0.133. The van der Waals surface area contributed by atoms with Crippen LogP contribution in [-0.2, 0) is 9.59 Å². The van der Waals surface area contributed by atoms with Crippen LogP contribution in [0.15, 0.2) is 59.2 Å². The lowest BCUT2D eigenvalue weighted by Crippen LogP contribution is -2.44. The maximum atomic E-state index is 15.3. The van der Waals surface area contributed by atoms with Gasteiger partial charge in [0, 0.05) is 26.2 Å². The Morgan fingerprint density at radius 2 is 2.00 bits per heavy atom. The molecule has 1 saturated heterocycles. The van der Waals surface area contributed by atoms with Crippen molar-refractivity contribution in [2.24, 2.45) is 0 Å². The number of piperazine rings is 1. The van der Waals surface area contributed by atoms with Crippen LogP contribution in [0.25, 0.3) is 10.9 Å². The molecule has 1 aliphatic carbocycles. The van der Waals surface area contributed by atoms with Crippen molar-refractivity contribution in [1.82, 2.24) is 5.32 Å². The van der Waals surface area contributed by atoms with Crippen LogP contribution in [0.3, 0.4) is 0 Å². The number of nitrogens with zero attached hydrogens (tertiary/aromatic N) is 2. The first-order valence-electron chi connectivity index (χ1n) is 10.6. The standard InChI is InChI=1S/C24H22FN3O4S/c1-2-33-24-22-16(13-18(25)23(24)27-9-7-26-8-10-27)12-17(14-28(22)32)19(29)5-3-15-4-6-20(30)21(31)11-15/h3-6,11-14,26H,2,7-10H2,1H3. The van der Waals surface area contributed by atoms with E-state index in [1.165, 1.54) is 48.3 Å². The molecule has 1 aliphatic heterocycles. The summed E-state index contributed by atoms with van der Waals surface area (Å²) in [6.45, 7) is 4.68. The number of fused-ring (bicyclic) bond motifs is 1. The van der Waals surface area contributed by atoms with Crippen molar-refractivity contribution < 1.29 is 23.5 Å². The van der Waals surface area contributed by atoms with Gasteiger partial charge >= 0.3 is 0 Å². The van der Waals surface area contributed by atoms with Gasteiger partial charge in [-0.15, -0.1) is 11.8 Å². The van der Waals surface area contributed by atoms with Gasteiger partial charge in [-0.2, -0.15) is 4.73 Å². The van der Waals surface area contributed by atoms with E-state index >= 15 is 4.39 Å². The van der Waals surface area contributed by atoms with Gasteiger partial charge in [0.1, 0.15) is 10.7 Å². The highest BCUT2D eigenvalue weighted by atomic mass is 32.2. The number of hydrogen-bond donors (Lipinski definition) is 1. The van der Waals surface area contributed by atoms with Crippen molar-refractivity contribution in [3.8, 4) is 0 Å². The second-order valence-corrected chi connectivity index (χ2v) is 8.88. The molecule has 1 aromatic heterocycles. The molecule has 0 unspecified atom stereocenters. The fourth-order valence-electron chi connectivity index (χ4n) is 3.85. The van der Waals surface area contributed by atoms with Crippen LogP contribution >= 0.6 is 11.8 Å². The number of rotatable bonds is 6. The van der Waals surface area contributed by atoms with E-state index in [1.54, 1.807) is 0 Å². The molecule has 2 aromatic rings. The molecule has 0 amide bonds. The summed E-state index contributed by atoms with van der Waals surface area (Å²) in [6.07, 6.45) is 7.51. The van der Waals surface area contributed by atoms with E-state index in [1.807, 2.05) is 11.8 Å². The summed E-state index contributed by atoms with van der Waals surface area (Å²) in [5.74, 6) is -1.53. The van der Waals surface area contributed by atoms with Crippen molar-refractivity contribution in [2.45, 2.75) is 11.8 Å². The fraction of sp³-hybridized carbons (Fsp3) is 0.250. The SMILES string of the molecule is CCSc1c(N2CCNCC2)c(F)cc2cc(C(=O)C=CC3=CC(=O)C(=O)C=C3)c[n+]([O-])c12. The number of nitrogens with one attached hydrogen (secondary N) is 1. The van der Waals surface area contributed by atoms with Crippen LogP contribution in [0.5, 0.6) is 0 Å². The first kappa shape index (κ1) is 22.9. The van der Waals surface area contributed by atoms with Crippen LogP contribution in [0.4, 0.5) is 10.1 Å². The number of carbonyl (C=O) groups excluding carboxylic acids is 3. The van der Waals surface area contributed by atoms with E-state index in [-0.39, 0.29) is 5.56 Å². The van der Waals surface area contributed by atoms with Gasteiger partial charge in [-0.1, -0.05) is 19.1 Å². The molecule has 1 aromatic carbocycles. The number of ketones is 3. The first-order valence-corrected chi connectivity index (χ1v) is 11.6. The fourth-order valence-corrected chi connectivity index (χ4v) is 4.85. The van der Waals surface area contributed by atoms with Gasteiger partial charge in [0.25, 0.3) is 0 Å². The molecule has 2 aliphatic rings. The van der Waals surface area contributed by atoms with E-state index in [4.69, 9.17) is 0 Å². The summed E-state index contributed by atoms with van der Waals surface area (Å²) in [6, 6.07) is 2.80. The smallest absolute Gasteiger partial charge is 0.239 e. The number of anilines is 1. The zero-order chi connectivity index (χ0) is 23.5. The van der Waals surface area contributed by atoms with Crippen molar-refractivity contribution in [3.05, 3.63) is 70.9 Å². The summed E-state index contributed by atoms with van der Waals surface area (Å²) in [4.78, 5) is 37.9. The maximum Gasteiger partial charge on any atom is 0.239 e. The highest BCUT2D eigenvalue weighted by molar-refractivity contribution is 7.99. The van der Waals surface area contributed by atoms with E-state index < -0.39 is 23.2 Å².